The fourth-order valence-electron chi connectivity index (χ4n) is 0.945. The maximum atomic E-state index is 12.1. The lowest BCUT2D eigenvalue weighted by Gasteiger charge is -2.05. The number of nitrogens with zero attached hydrogens (tertiary/aromatic N) is 1. The van der Waals surface area contributed by atoms with E-state index in [0.717, 1.165) is 0 Å². The zero-order valence-corrected chi connectivity index (χ0v) is 7.04. The molecule has 0 saturated carbocycles. The number of rotatable bonds is 2. The van der Waals surface area contributed by atoms with E-state index in [1.165, 1.54) is 6.29 Å². The number of benzene rings is 1. The molecule has 0 bridgehead atoms. The molecule has 0 aliphatic heterocycles. The molecule has 0 saturated heterocycles. The molecule has 0 unspecified atom stereocenters. The highest BCUT2D eigenvalue weighted by molar-refractivity contribution is 5.81. The molecule has 0 aromatic heterocycles. The van der Waals surface area contributed by atoms with Gasteiger partial charge in [-0.3, -0.25) is 14.9 Å². The first-order chi connectivity index (χ1) is 6.86. The van der Waals surface area contributed by atoms with Crippen LogP contribution in [-0.2, 0) is 11.0 Å². The smallest absolute Gasteiger partial charge is 0.285 e. The predicted octanol–water partition coefficient (Wildman–Crippen LogP) is 2.07. The molecule has 79 valence electrons. The third-order valence-corrected chi connectivity index (χ3v) is 1.63. The third kappa shape index (κ3) is 2.30. The number of alkyl halides is 3. The molecule has 0 heterocycles. The summed E-state index contributed by atoms with van der Waals surface area (Å²) in [5, 5.41) is 10.3. The molecule has 0 N–H and O–H groups in total. The molecule has 0 fully saturated rings. The summed E-state index contributed by atoms with van der Waals surface area (Å²) in [7, 11) is 0. The van der Waals surface area contributed by atoms with Crippen LogP contribution in [0.5, 0.6) is 0 Å². The number of nitro groups is 1. The summed E-state index contributed by atoms with van der Waals surface area (Å²) in [6, 6.07) is 1.61. The van der Waals surface area contributed by atoms with Crippen molar-refractivity contribution in [2.24, 2.45) is 0 Å². The Bertz CT molecular complexity index is 414. The predicted molar refractivity (Wildman–Crippen MR) is 42.9 cm³/mol. The normalized spacial score (nSPS) is 11.1. The van der Waals surface area contributed by atoms with Crippen LogP contribution in [0.15, 0.2) is 18.2 Å². The van der Waals surface area contributed by atoms with Crippen molar-refractivity contribution in [2.75, 3.05) is 0 Å². The summed E-state index contributed by atoms with van der Waals surface area (Å²) in [6.45, 7) is 0. The van der Waals surface area contributed by atoms with Crippen LogP contribution in [0, 0.1) is 10.1 Å². The summed E-state index contributed by atoms with van der Waals surface area (Å²) in [5.74, 6) is 0. The van der Waals surface area contributed by atoms with Gasteiger partial charge >= 0.3 is 6.18 Å². The Labute approximate surface area is 81.5 Å². The molecule has 7 heteroatoms. The Morgan fingerprint density at radius 2 is 1.93 bits per heavy atom. The van der Waals surface area contributed by atoms with Crippen LogP contribution >= 0.6 is 0 Å². The molecule has 1 aromatic rings. The number of nitro benzene ring substituents is 1. The largest absolute Gasteiger partial charge is 0.416 e. The maximum absolute atomic E-state index is 12.1. The van der Waals surface area contributed by atoms with Gasteiger partial charge in [-0.2, -0.15) is 13.2 Å². The number of hydrogen-bond donors (Lipinski definition) is 0. The van der Waals surface area contributed by atoms with Crippen molar-refractivity contribution in [3.05, 3.63) is 39.4 Å². The van der Waals surface area contributed by atoms with Gasteiger partial charge in [0.15, 0.2) is 0 Å². The van der Waals surface area contributed by atoms with E-state index in [0.29, 0.717) is 18.2 Å². The van der Waals surface area contributed by atoms with Gasteiger partial charge < -0.3 is 0 Å². The zero-order valence-electron chi connectivity index (χ0n) is 7.04. The fourth-order valence-corrected chi connectivity index (χ4v) is 0.945. The molecule has 0 aliphatic carbocycles. The molecular formula is C8H3F3NO3. The second-order valence-electron chi connectivity index (χ2n) is 2.59. The molecule has 0 amide bonds. The Morgan fingerprint density at radius 1 is 1.33 bits per heavy atom. The Morgan fingerprint density at radius 3 is 2.33 bits per heavy atom. The van der Waals surface area contributed by atoms with Gasteiger partial charge in [0.2, 0.25) is 6.29 Å². The zero-order chi connectivity index (χ0) is 11.6. The first-order valence-corrected chi connectivity index (χ1v) is 3.60. The van der Waals surface area contributed by atoms with Crippen molar-refractivity contribution in [3.63, 3.8) is 0 Å². The molecule has 0 spiro atoms. The summed E-state index contributed by atoms with van der Waals surface area (Å²) in [6.07, 6.45) is -3.48. The summed E-state index contributed by atoms with van der Waals surface area (Å²) in [5.41, 5.74) is -2.58. The lowest BCUT2D eigenvalue weighted by atomic mass is 10.1. The number of halogens is 3. The molecule has 4 nitrogen and oxygen atoms in total. The minimum Gasteiger partial charge on any atom is -0.285 e. The van der Waals surface area contributed by atoms with Gasteiger partial charge in [0.05, 0.1) is 10.5 Å². The summed E-state index contributed by atoms with van der Waals surface area (Å²) < 4.78 is 36.4. The molecule has 1 aromatic carbocycles. The Kier molecular flexibility index (Phi) is 2.74. The van der Waals surface area contributed by atoms with E-state index in [1.54, 1.807) is 0 Å². The van der Waals surface area contributed by atoms with E-state index < -0.39 is 27.9 Å². The molecule has 0 atom stereocenters. The van der Waals surface area contributed by atoms with Crippen LogP contribution < -0.4 is 0 Å². The highest BCUT2D eigenvalue weighted by atomic mass is 19.4. The third-order valence-electron chi connectivity index (χ3n) is 1.63. The van der Waals surface area contributed by atoms with E-state index in [4.69, 9.17) is 0 Å². The van der Waals surface area contributed by atoms with Gasteiger partial charge in [-0.25, -0.2) is 0 Å². The van der Waals surface area contributed by atoms with E-state index in [-0.39, 0.29) is 0 Å². The van der Waals surface area contributed by atoms with Crippen LogP contribution in [0.4, 0.5) is 18.9 Å². The van der Waals surface area contributed by atoms with Gasteiger partial charge in [0.1, 0.15) is 5.56 Å². The van der Waals surface area contributed by atoms with Crippen molar-refractivity contribution in [1.29, 1.82) is 0 Å². The second kappa shape index (κ2) is 3.68. The van der Waals surface area contributed by atoms with E-state index in [2.05, 4.69) is 0 Å². The second-order valence-corrected chi connectivity index (χ2v) is 2.59. The summed E-state index contributed by atoms with van der Waals surface area (Å²) >= 11 is 0. The molecule has 15 heavy (non-hydrogen) atoms. The van der Waals surface area contributed by atoms with Gasteiger partial charge in [-0.1, -0.05) is 0 Å². The van der Waals surface area contributed by atoms with Gasteiger partial charge in [-0.05, 0) is 12.1 Å². The minimum absolute atomic E-state index is 0.306. The molecule has 0 aliphatic rings. The van der Waals surface area contributed by atoms with Gasteiger partial charge in [0.25, 0.3) is 5.69 Å². The highest BCUT2D eigenvalue weighted by Gasteiger charge is 2.32. The first-order valence-electron chi connectivity index (χ1n) is 3.60. The minimum atomic E-state index is -4.67. The van der Waals surface area contributed by atoms with Crippen LogP contribution in [0.25, 0.3) is 0 Å². The van der Waals surface area contributed by atoms with Gasteiger partial charge in [0, 0.05) is 6.07 Å². The molecule has 1 rings (SSSR count). The lowest BCUT2D eigenvalue weighted by Crippen LogP contribution is -2.06. The first kappa shape index (κ1) is 11.2. The SMILES string of the molecule is O=[C]c1ccc(C(F)(F)F)cc1[N+](=O)[O-]. The van der Waals surface area contributed by atoms with Crippen LogP contribution in [0.2, 0.25) is 0 Å². The molecular weight excluding hydrogens is 215 g/mol. The van der Waals surface area contributed by atoms with E-state index in [9.17, 15) is 28.1 Å². The average molecular weight is 218 g/mol. The Hall–Kier alpha value is -1.92. The monoisotopic (exact) mass is 218 g/mol. The quantitative estimate of drug-likeness (QED) is 0.563. The fraction of sp³-hybridized carbons (Fsp3) is 0.125. The average Bonchev–Trinajstić information content (AvgIpc) is 2.15. The van der Waals surface area contributed by atoms with Crippen LogP contribution in [0.3, 0.4) is 0 Å². The van der Waals surface area contributed by atoms with E-state index >= 15 is 0 Å². The van der Waals surface area contributed by atoms with Crippen molar-refractivity contribution < 1.29 is 22.9 Å². The lowest BCUT2D eigenvalue weighted by molar-refractivity contribution is -0.385. The van der Waals surface area contributed by atoms with Crippen molar-refractivity contribution in [2.45, 2.75) is 6.18 Å². The number of carbonyl (C=O) groups excluding carboxylic acids is 1. The van der Waals surface area contributed by atoms with Crippen molar-refractivity contribution in [3.8, 4) is 0 Å². The number of hydrogen-bond acceptors (Lipinski definition) is 3. The molecule has 1 radical (unpaired) electrons. The standard InChI is InChI=1S/C8H3F3NO3/c9-8(10,11)6-2-1-5(4-13)7(3-6)12(14)15/h1-3H. The van der Waals surface area contributed by atoms with Crippen LogP contribution in [0.1, 0.15) is 11.1 Å². The summed E-state index contributed by atoms with van der Waals surface area (Å²) in [4.78, 5) is 19.4. The topological polar surface area (TPSA) is 60.2 Å². The van der Waals surface area contributed by atoms with E-state index in [1.807, 2.05) is 0 Å². The van der Waals surface area contributed by atoms with Crippen molar-refractivity contribution in [1.82, 2.24) is 0 Å². The van der Waals surface area contributed by atoms with Crippen molar-refractivity contribution >= 4 is 12.0 Å². The maximum Gasteiger partial charge on any atom is 0.416 e. The van der Waals surface area contributed by atoms with Gasteiger partial charge in [-0.15, -0.1) is 0 Å². The Balaban J connectivity index is 3.35. The highest BCUT2D eigenvalue weighted by Crippen LogP contribution is 2.32. The van der Waals surface area contributed by atoms with Crippen LogP contribution in [-0.4, -0.2) is 11.2 Å².